The Morgan fingerprint density at radius 3 is 2.59 bits per heavy atom. The molecule has 6 atom stereocenters. The molecule has 0 aromatic heterocycles. The number of allylic oxidation sites excluding steroid dienone is 1. The highest BCUT2D eigenvalue weighted by Gasteiger charge is 2.50. The molecule has 2 bridgehead atoms. The number of carbonyl (C=O) groups excluding carboxylic acids is 1. The number of halogens is 1. The molecule has 0 unspecified atom stereocenters. The van der Waals surface area contributed by atoms with Gasteiger partial charge in [-0.25, -0.2) is 13.1 Å². The molecule has 3 heterocycles. The summed E-state index contributed by atoms with van der Waals surface area (Å²) in [5.41, 5.74) is 2.89. The van der Waals surface area contributed by atoms with Gasteiger partial charge >= 0.3 is 0 Å². The smallest absolute Gasteiger partial charge is 0.264 e. The van der Waals surface area contributed by atoms with Crippen LogP contribution in [0.4, 0.5) is 5.69 Å². The maximum Gasteiger partial charge on any atom is 0.264 e. The number of aryl methyl sites for hydroxylation is 1. The Morgan fingerprint density at radius 1 is 1.06 bits per heavy atom. The molecule has 1 N–H and O–H groups in total. The van der Waals surface area contributed by atoms with Gasteiger partial charge in [-0.15, -0.1) is 0 Å². The molecular weight excluding hydrogens is 724 g/mol. The lowest BCUT2D eigenvalue weighted by Gasteiger charge is -2.52. The Balaban J connectivity index is 1.25. The van der Waals surface area contributed by atoms with Gasteiger partial charge in [-0.1, -0.05) is 36.7 Å². The Bertz CT molecular complexity index is 1800. The SMILES string of the molecule is CCOCCN1CCN(C[C@]2(OC)/C=C/C[C@H](C)[C@@H](C)S(=O)(=O)NC(=O)c3ccc4c(c3)N(C[C@@H]3CC[C@H]32)C[C@@]2(CCCc3cc(Cl)ccc32)CO4)CC1. The Morgan fingerprint density at radius 2 is 1.85 bits per heavy atom. The van der Waals surface area contributed by atoms with Crippen LogP contribution in [-0.2, 0) is 31.3 Å². The number of nitrogens with zero attached hydrogens (tertiary/aromatic N) is 3. The number of methoxy groups -OCH3 is 1. The third-order valence-electron chi connectivity index (χ3n) is 13.3. The van der Waals surface area contributed by atoms with Gasteiger partial charge in [0.1, 0.15) is 11.4 Å². The van der Waals surface area contributed by atoms with Crippen molar-refractivity contribution in [2.45, 2.75) is 75.6 Å². The van der Waals surface area contributed by atoms with Crippen LogP contribution < -0.4 is 14.4 Å². The summed E-state index contributed by atoms with van der Waals surface area (Å²) in [6.07, 6.45) is 10.1. The first-order valence-corrected chi connectivity index (χ1v) is 22.0. The fourth-order valence-electron chi connectivity index (χ4n) is 9.67. The normalized spacial score (nSPS) is 32.4. The lowest BCUT2D eigenvalue weighted by molar-refractivity contribution is -0.0957. The van der Waals surface area contributed by atoms with Crippen LogP contribution in [0, 0.1) is 17.8 Å². The highest BCUT2D eigenvalue weighted by molar-refractivity contribution is 7.90. The predicted molar refractivity (Wildman–Crippen MR) is 214 cm³/mol. The van der Waals surface area contributed by atoms with Gasteiger partial charge in [0.25, 0.3) is 5.91 Å². The molecule has 0 radical (unpaired) electrons. The molecule has 12 heteroatoms. The second kappa shape index (κ2) is 16.4. The zero-order valence-corrected chi connectivity index (χ0v) is 34.1. The zero-order valence-electron chi connectivity index (χ0n) is 32.5. The van der Waals surface area contributed by atoms with Crippen molar-refractivity contribution in [1.29, 1.82) is 0 Å². The second-order valence-electron chi connectivity index (χ2n) is 16.5. The van der Waals surface area contributed by atoms with Gasteiger partial charge in [-0.05, 0) is 112 Å². The maximum absolute atomic E-state index is 13.7. The largest absolute Gasteiger partial charge is 0.490 e. The number of piperazine rings is 1. The van der Waals surface area contributed by atoms with Gasteiger partial charge in [0, 0.05) is 82.1 Å². The number of sulfonamides is 1. The first kappa shape index (κ1) is 39.6. The van der Waals surface area contributed by atoms with E-state index in [1.807, 2.05) is 39.2 Å². The number of fused-ring (bicyclic) bond motifs is 4. The summed E-state index contributed by atoms with van der Waals surface area (Å²) in [6.45, 7) is 14.8. The molecule has 3 aliphatic heterocycles. The number of hydrogen-bond acceptors (Lipinski definition) is 9. The van der Waals surface area contributed by atoms with E-state index >= 15 is 0 Å². The summed E-state index contributed by atoms with van der Waals surface area (Å²) in [5, 5.41) is -0.0336. The molecule has 1 amide bonds. The van der Waals surface area contributed by atoms with Crippen molar-refractivity contribution < 1.29 is 27.4 Å². The van der Waals surface area contributed by atoms with Crippen LogP contribution in [0.15, 0.2) is 48.6 Å². The highest BCUT2D eigenvalue weighted by atomic mass is 35.5. The molecule has 296 valence electrons. The van der Waals surface area contributed by atoms with E-state index in [2.05, 4.69) is 43.7 Å². The monoisotopic (exact) mass is 782 g/mol. The number of amides is 1. The van der Waals surface area contributed by atoms with Gasteiger partial charge in [0.05, 0.1) is 24.2 Å². The summed E-state index contributed by atoms with van der Waals surface area (Å²) in [5.74, 6) is 0.466. The molecule has 1 spiro atoms. The molecule has 7 rings (SSSR count). The molecule has 2 fully saturated rings. The summed E-state index contributed by atoms with van der Waals surface area (Å²) in [7, 11) is -2.11. The fraction of sp³-hybridized carbons (Fsp3) is 0.643. The van der Waals surface area contributed by atoms with Crippen LogP contribution in [0.5, 0.6) is 5.75 Å². The molecular formula is C42H59ClN4O6S. The van der Waals surface area contributed by atoms with E-state index < -0.39 is 26.8 Å². The molecule has 5 aliphatic rings. The van der Waals surface area contributed by atoms with Crippen molar-refractivity contribution in [3.05, 3.63) is 70.3 Å². The van der Waals surface area contributed by atoms with E-state index in [0.717, 1.165) is 108 Å². The van der Waals surface area contributed by atoms with E-state index in [1.165, 1.54) is 11.1 Å². The van der Waals surface area contributed by atoms with Crippen LogP contribution >= 0.6 is 11.6 Å². The molecule has 1 saturated heterocycles. The van der Waals surface area contributed by atoms with Crippen molar-refractivity contribution in [1.82, 2.24) is 14.5 Å². The van der Waals surface area contributed by atoms with Crippen LogP contribution in [0.1, 0.15) is 74.4 Å². The van der Waals surface area contributed by atoms with Crippen LogP contribution in [0.3, 0.4) is 0 Å². The minimum absolute atomic E-state index is 0.222. The third kappa shape index (κ3) is 8.09. The number of nitrogens with one attached hydrogen (secondary N) is 1. The van der Waals surface area contributed by atoms with E-state index in [9.17, 15) is 13.2 Å². The Kier molecular flexibility index (Phi) is 12.0. The van der Waals surface area contributed by atoms with E-state index in [1.54, 1.807) is 13.0 Å². The first-order chi connectivity index (χ1) is 26.0. The number of carbonyl (C=O) groups is 1. The third-order valence-corrected chi connectivity index (χ3v) is 15.5. The topological polar surface area (TPSA) is 101 Å². The Labute approximate surface area is 327 Å². The fourth-order valence-corrected chi connectivity index (χ4v) is 11.1. The molecule has 1 saturated carbocycles. The number of anilines is 1. The van der Waals surface area contributed by atoms with Crippen LogP contribution in [-0.4, -0.2) is 114 Å². The molecule has 2 aromatic carbocycles. The van der Waals surface area contributed by atoms with Gasteiger partial charge in [-0.3, -0.25) is 14.6 Å². The lowest BCUT2D eigenvalue weighted by atomic mass is 9.63. The summed E-state index contributed by atoms with van der Waals surface area (Å²) >= 11 is 6.51. The van der Waals surface area contributed by atoms with Crippen LogP contribution in [0.2, 0.25) is 5.02 Å². The van der Waals surface area contributed by atoms with Gasteiger partial charge in [-0.2, -0.15) is 0 Å². The lowest BCUT2D eigenvalue weighted by Crippen LogP contribution is -2.59. The minimum atomic E-state index is -3.96. The van der Waals surface area contributed by atoms with Crippen molar-refractivity contribution >= 4 is 33.2 Å². The second-order valence-corrected chi connectivity index (χ2v) is 19.0. The number of rotatable bonds is 7. The number of benzene rings is 2. The van der Waals surface area contributed by atoms with Crippen molar-refractivity contribution in [2.75, 3.05) is 84.2 Å². The van der Waals surface area contributed by atoms with Crippen molar-refractivity contribution in [3.8, 4) is 5.75 Å². The van der Waals surface area contributed by atoms with Crippen molar-refractivity contribution in [3.63, 3.8) is 0 Å². The minimum Gasteiger partial charge on any atom is -0.490 e. The molecule has 2 aromatic rings. The van der Waals surface area contributed by atoms with E-state index in [0.29, 0.717) is 30.3 Å². The van der Waals surface area contributed by atoms with E-state index in [-0.39, 0.29) is 17.3 Å². The molecule has 2 aliphatic carbocycles. The zero-order chi connectivity index (χ0) is 38.1. The maximum atomic E-state index is 13.7. The summed E-state index contributed by atoms with van der Waals surface area (Å²) < 4.78 is 48.7. The quantitative estimate of drug-likeness (QED) is 0.271. The molecule has 10 nitrogen and oxygen atoms in total. The van der Waals surface area contributed by atoms with Gasteiger partial charge < -0.3 is 19.1 Å². The number of ether oxygens (including phenoxy) is 3. The predicted octanol–water partition coefficient (Wildman–Crippen LogP) is 5.92. The standard InChI is InChI=1S/C42H59ClN4O6S/c1-5-52-23-22-45-18-20-46(21-19-45)28-42(51-4)17-6-8-30(2)31(3)54(49,50)44-40(48)33-11-15-39-38(25-33)47(26-34-10-13-37(34)42)27-41(29-53-39)16-7-9-32-24-35(43)12-14-36(32)41/h6,11-12,14-15,17,24-25,30-31,34,37H,5,7-10,13,16,18-23,26-29H2,1-4H3,(H,44,48)/b17-6+/t30-,31+,34-,37+,41-,42+/m0/s1. The first-order valence-electron chi connectivity index (χ1n) is 20.1. The van der Waals surface area contributed by atoms with Gasteiger partial charge in [0.2, 0.25) is 10.0 Å². The highest BCUT2D eigenvalue weighted by Crippen LogP contribution is 2.49. The van der Waals surface area contributed by atoms with E-state index in [4.69, 9.17) is 25.8 Å². The van der Waals surface area contributed by atoms with Crippen LogP contribution in [0.25, 0.3) is 0 Å². The average molecular weight is 783 g/mol. The summed E-state index contributed by atoms with van der Waals surface area (Å²) in [6, 6.07) is 11.7. The molecule has 54 heavy (non-hydrogen) atoms. The summed E-state index contributed by atoms with van der Waals surface area (Å²) in [4.78, 5) is 21.1. The number of hydrogen-bond donors (Lipinski definition) is 1. The average Bonchev–Trinajstić information content (AvgIpc) is 3.29. The van der Waals surface area contributed by atoms with Gasteiger partial charge in [0.15, 0.2) is 0 Å². The Hall–Kier alpha value is -2.67. The van der Waals surface area contributed by atoms with Crippen molar-refractivity contribution in [2.24, 2.45) is 17.8 Å².